The Hall–Kier alpha value is -2.80. The maximum atomic E-state index is 12.5. The van der Waals surface area contributed by atoms with Crippen molar-refractivity contribution in [3.8, 4) is 5.88 Å². The summed E-state index contributed by atoms with van der Waals surface area (Å²) >= 11 is 0. The molecule has 0 N–H and O–H groups in total. The van der Waals surface area contributed by atoms with Crippen molar-refractivity contribution < 1.29 is 14.3 Å². The third-order valence-electron chi connectivity index (χ3n) is 6.33. The number of pyridine rings is 1. The molecule has 7 heteroatoms. The topological polar surface area (TPSA) is 58.1 Å². The summed E-state index contributed by atoms with van der Waals surface area (Å²) in [6, 6.07) is 14.6. The van der Waals surface area contributed by atoms with Gasteiger partial charge in [-0.25, -0.2) is 9.78 Å². The maximum Gasteiger partial charge on any atom is 0.410 e. The van der Waals surface area contributed by atoms with Crippen LogP contribution in [0.4, 0.5) is 10.5 Å². The number of ether oxygens (including phenoxy) is 2. The molecule has 2 aliphatic heterocycles. The Morgan fingerprint density at radius 1 is 1.00 bits per heavy atom. The van der Waals surface area contributed by atoms with Gasteiger partial charge >= 0.3 is 6.09 Å². The Labute approximate surface area is 190 Å². The molecule has 0 atom stereocenters. The summed E-state index contributed by atoms with van der Waals surface area (Å²) < 4.78 is 11.6. The number of rotatable bonds is 6. The average Bonchev–Trinajstić information content (AvgIpc) is 2.84. The van der Waals surface area contributed by atoms with Crippen LogP contribution in [-0.4, -0.2) is 72.3 Å². The van der Waals surface area contributed by atoms with Crippen LogP contribution in [-0.2, 0) is 11.3 Å². The molecular weight excluding hydrogens is 404 g/mol. The smallest absolute Gasteiger partial charge is 0.410 e. The Morgan fingerprint density at radius 3 is 2.34 bits per heavy atom. The molecule has 1 aromatic carbocycles. The molecule has 0 saturated carbocycles. The van der Waals surface area contributed by atoms with E-state index in [-0.39, 0.29) is 12.2 Å². The summed E-state index contributed by atoms with van der Waals surface area (Å²) in [6.07, 6.45) is 3.37. The number of nitrogens with zero attached hydrogens (tertiary/aromatic N) is 4. The third-order valence-corrected chi connectivity index (χ3v) is 6.33. The van der Waals surface area contributed by atoms with Gasteiger partial charge in [-0.05, 0) is 25.5 Å². The number of hydrogen-bond acceptors (Lipinski definition) is 6. The first kappa shape index (κ1) is 22.4. The van der Waals surface area contributed by atoms with Crippen LogP contribution in [0.2, 0.25) is 0 Å². The fraction of sp³-hybridized carbons (Fsp3) is 0.520. The molecule has 1 aromatic heterocycles. The average molecular weight is 439 g/mol. The van der Waals surface area contributed by atoms with Crippen LogP contribution in [0.5, 0.6) is 5.88 Å². The number of aromatic nitrogens is 1. The normalized spacial score (nSPS) is 18.1. The maximum absolute atomic E-state index is 12.5. The molecule has 7 nitrogen and oxygen atoms in total. The summed E-state index contributed by atoms with van der Waals surface area (Å²) in [4.78, 5) is 23.5. The van der Waals surface area contributed by atoms with E-state index in [0.29, 0.717) is 18.5 Å². The van der Waals surface area contributed by atoms with Crippen LogP contribution in [0.3, 0.4) is 0 Å². The Balaban J connectivity index is 1.19. The van der Waals surface area contributed by atoms with Gasteiger partial charge in [0, 0.05) is 64.2 Å². The van der Waals surface area contributed by atoms with Gasteiger partial charge < -0.3 is 19.3 Å². The van der Waals surface area contributed by atoms with Crippen molar-refractivity contribution in [2.45, 2.75) is 45.4 Å². The quantitative estimate of drug-likeness (QED) is 0.684. The molecule has 0 aliphatic carbocycles. The lowest BCUT2D eigenvalue weighted by Gasteiger charge is -2.38. The largest absolute Gasteiger partial charge is 0.473 e. The Morgan fingerprint density at radius 2 is 1.72 bits per heavy atom. The van der Waals surface area contributed by atoms with Crippen molar-refractivity contribution in [1.29, 1.82) is 0 Å². The molecular formula is C25H34N4O3. The standard InChI is InChI=1S/C25H34N4O3/c1-20(2)27-14-16-29(17-15-27)25(30)32-23-10-12-28(13-11-23)22-8-9-24(26-18-22)31-19-21-6-4-3-5-7-21/h3-9,18,20,23H,10-17,19H2,1-2H3. The van der Waals surface area contributed by atoms with Gasteiger partial charge in [-0.2, -0.15) is 0 Å². The molecule has 2 aromatic rings. The van der Waals surface area contributed by atoms with E-state index < -0.39 is 0 Å². The number of piperidine rings is 1. The number of carbonyl (C=O) groups excluding carboxylic acids is 1. The molecule has 0 bridgehead atoms. The highest BCUT2D eigenvalue weighted by Gasteiger charge is 2.27. The SMILES string of the molecule is CC(C)N1CCN(C(=O)OC2CCN(c3ccc(OCc4ccccc4)nc3)CC2)CC1. The van der Waals surface area contributed by atoms with Gasteiger partial charge in [0.05, 0.1) is 11.9 Å². The van der Waals surface area contributed by atoms with Gasteiger partial charge in [-0.15, -0.1) is 0 Å². The second-order valence-corrected chi connectivity index (χ2v) is 8.82. The van der Waals surface area contributed by atoms with Crippen molar-refractivity contribution in [2.24, 2.45) is 0 Å². The molecule has 2 fully saturated rings. The van der Waals surface area contributed by atoms with Gasteiger partial charge in [0.2, 0.25) is 5.88 Å². The highest BCUT2D eigenvalue weighted by molar-refractivity contribution is 5.68. The molecule has 2 saturated heterocycles. The minimum atomic E-state index is -0.159. The van der Waals surface area contributed by atoms with Gasteiger partial charge in [0.1, 0.15) is 12.7 Å². The summed E-state index contributed by atoms with van der Waals surface area (Å²) in [7, 11) is 0. The zero-order chi connectivity index (χ0) is 22.3. The van der Waals surface area contributed by atoms with E-state index in [2.05, 4.69) is 28.6 Å². The van der Waals surface area contributed by atoms with Crippen LogP contribution < -0.4 is 9.64 Å². The monoisotopic (exact) mass is 438 g/mol. The number of carbonyl (C=O) groups is 1. The van der Waals surface area contributed by atoms with E-state index in [1.807, 2.05) is 53.6 Å². The molecule has 0 radical (unpaired) electrons. The molecule has 4 rings (SSSR count). The van der Waals surface area contributed by atoms with E-state index in [9.17, 15) is 4.79 Å². The van der Waals surface area contributed by atoms with Crippen molar-refractivity contribution in [1.82, 2.24) is 14.8 Å². The van der Waals surface area contributed by atoms with Crippen LogP contribution in [0.1, 0.15) is 32.3 Å². The Bertz CT molecular complexity index is 843. The second-order valence-electron chi connectivity index (χ2n) is 8.82. The first-order valence-corrected chi connectivity index (χ1v) is 11.7. The van der Waals surface area contributed by atoms with Crippen LogP contribution in [0, 0.1) is 0 Å². The minimum absolute atomic E-state index is 0.0108. The Kier molecular flexibility index (Phi) is 7.47. The second kappa shape index (κ2) is 10.7. The van der Waals surface area contributed by atoms with Crippen LogP contribution >= 0.6 is 0 Å². The number of hydrogen-bond donors (Lipinski definition) is 0. The van der Waals surface area contributed by atoms with Crippen molar-refractivity contribution >= 4 is 11.8 Å². The molecule has 172 valence electrons. The molecule has 32 heavy (non-hydrogen) atoms. The fourth-order valence-electron chi connectivity index (χ4n) is 4.25. The zero-order valence-electron chi connectivity index (χ0n) is 19.2. The number of benzene rings is 1. The van der Waals surface area contributed by atoms with E-state index in [4.69, 9.17) is 9.47 Å². The van der Waals surface area contributed by atoms with Gasteiger partial charge in [-0.1, -0.05) is 30.3 Å². The van der Waals surface area contributed by atoms with Crippen LogP contribution in [0.25, 0.3) is 0 Å². The van der Waals surface area contributed by atoms with Crippen molar-refractivity contribution in [3.63, 3.8) is 0 Å². The van der Waals surface area contributed by atoms with Crippen LogP contribution in [0.15, 0.2) is 48.7 Å². The minimum Gasteiger partial charge on any atom is -0.473 e. The first-order valence-electron chi connectivity index (χ1n) is 11.7. The van der Waals surface area contributed by atoms with Crippen molar-refractivity contribution in [2.75, 3.05) is 44.2 Å². The fourth-order valence-corrected chi connectivity index (χ4v) is 4.25. The highest BCUT2D eigenvalue weighted by Crippen LogP contribution is 2.23. The molecule has 2 aliphatic rings. The van der Waals surface area contributed by atoms with E-state index in [1.54, 1.807) is 0 Å². The number of piperazine rings is 1. The summed E-state index contributed by atoms with van der Waals surface area (Å²) in [5.41, 5.74) is 2.20. The summed E-state index contributed by atoms with van der Waals surface area (Å²) in [5.74, 6) is 0.624. The summed E-state index contributed by atoms with van der Waals surface area (Å²) in [5, 5.41) is 0. The van der Waals surface area contributed by atoms with E-state index in [1.165, 1.54) is 0 Å². The molecule has 0 spiro atoms. The molecule has 1 amide bonds. The van der Waals surface area contributed by atoms with Gasteiger partial charge in [0.25, 0.3) is 0 Å². The molecule has 3 heterocycles. The first-order chi connectivity index (χ1) is 15.6. The number of anilines is 1. The van der Waals surface area contributed by atoms with E-state index in [0.717, 1.165) is 63.4 Å². The molecule has 0 unspecified atom stereocenters. The highest BCUT2D eigenvalue weighted by atomic mass is 16.6. The van der Waals surface area contributed by atoms with Gasteiger partial charge in [-0.3, -0.25) is 4.90 Å². The van der Waals surface area contributed by atoms with Gasteiger partial charge in [0.15, 0.2) is 0 Å². The lowest BCUT2D eigenvalue weighted by Crippen LogP contribution is -2.51. The zero-order valence-corrected chi connectivity index (χ0v) is 19.2. The third kappa shape index (κ3) is 5.91. The number of amides is 1. The van der Waals surface area contributed by atoms with Crippen molar-refractivity contribution in [3.05, 3.63) is 54.2 Å². The van der Waals surface area contributed by atoms with E-state index >= 15 is 0 Å². The summed E-state index contributed by atoms with van der Waals surface area (Å²) in [6.45, 7) is 9.95. The lowest BCUT2D eigenvalue weighted by molar-refractivity contribution is 0.0338. The predicted molar refractivity (Wildman–Crippen MR) is 125 cm³/mol. The lowest BCUT2D eigenvalue weighted by atomic mass is 10.1. The predicted octanol–water partition coefficient (Wildman–Crippen LogP) is 3.79.